The summed E-state index contributed by atoms with van der Waals surface area (Å²) in [5, 5.41) is 12.6. The summed E-state index contributed by atoms with van der Waals surface area (Å²) >= 11 is 0. The summed E-state index contributed by atoms with van der Waals surface area (Å²) < 4.78 is 0. The van der Waals surface area contributed by atoms with Gasteiger partial charge in [-0.2, -0.15) is 0 Å². The van der Waals surface area contributed by atoms with Crippen LogP contribution in [0.1, 0.15) is 55.0 Å². The Hall–Kier alpha value is -0.860. The highest BCUT2D eigenvalue weighted by molar-refractivity contribution is 5.37. The Labute approximate surface area is 118 Å². The van der Waals surface area contributed by atoms with Crippen molar-refractivity contribution >= 4 is 0 Å². The third-order valence-corrected chi connectivity index (χ3v) is 4.18. The molecule has 0 saturated heterocycles. The standard InChI is InChI=1S/C17H29NO/c1-6-16(7-8-19)11-18-15(5)17-10-13(3)12(2)9-14(17)4/h9-10,15-16,18-19H,6-8,11H2,1-5H3. The number of aliphatic hydroxyl groups is 1. The number of benzene rings is 1. The minimum Gasteiger partial charge on any atom is -0.396 e. The highest BCUT2D eigenvalue weighted by Crippen LogP contribution is 2.22. The lowest BCUT2D eigenvalue weighted by molar-refractivity contribution is 0.249. The van der Waals surface area contributed by atoms with E-state index in [4.69, 9.17) is 5.11 Å². The summed E-state index contributed by atoms with van der Waals surface area (Å²) in [5.41, 5.74) is 5.47. The van der Waals surface area contributed by atoms with Crippen molar-refractivity contribution in [1.82, 2.24) is 5.32 Å². The van der Waals surface area contributed by atoms with Gasteiger partial charge in [0.1, 0.15) is 0 Å². The Morgan fingerprint density at radius 3 is 2.32 bits per heavy atom. The van der Waals surface area contributed by atoms with Crippen molar-refractivity contribution < 1.29 is 5.11 Å². The van der Waals surface area contributed by atoms with Crippen LogP contribution in [0, 0.1) is 26.7 Å². The van der Waals surface area contributed by atoms with Crippen LogP contribution in [-0.4, -0.2) is 18.3 Å². The van der Waals surface area contributed by atoms with Crippen LogP contribution >= 0.6 is 0 Å². The summed E-state index contributed by atoms with van der Waals surface area (Å²) in [5.74, 6) is 0.569. The first-order valence-corrected chi connectivity index (χ1v) is 7.41. The molecule has 0 spiro atoms. The Morgan fingerprint density at radius 1 is 1.11 bits per heavy atom. The van der Waals surface area contributed by atoms with Crippen LogP contribution < -0.4 is 5.32 Å². The highest BCUT2D eigenvalue weighted by atomic mass is 16.3. The van der Waals surface area contributed by atoms with Crippen molar-refractivity contribution in [2.45, 2.75) is 53.5 Å². The fraction of sp³-hybridized carbons (Fsp3) is 0.647. The first-order valence-electron chi connectivity index (χ1n) is 7.41. The maximum absolute atomic E-state index is 9.03. The van der Waals surface area contributed by atoms with Crippen LogP contribution in [0.3, 0.4) is 0 Å². The van der Waals surface area contributed by atoms with E-state index in [0.29, 0.717) is 12.0 Å². The van der Waals surface area contributed by atoms with E-state index in [2.05, 4.69) is 52.1 Å². The fourth-order valence-corrected chi connectivity index (χ4v) is 2.54. The van der Waals surface area contributed by atoms with E-state index in [9.17, 15) is 0 Å². The Morgan fingerprint density at radius 2 is 1.74 bits per heavy atom. The summed E-state index contributed by atoms with van der Waals surface area (Å²) in [6.07, 6.45) is 2.01. The SMILES string of the molecule is CCC(CCO)CNC(C)c1cc(C)c(C)cc1C. The van der Waals surface area contributed by atoms with Crippen molar-refractivity contribution in [2.24, 2.45) is 5.92 Å². The molecule has 0 radical (unpaired) electrons. The van der Waals surface area contributed by atoms with E-state index in [-0.39, 0.29) is 6.61 Å². The Kier molecular flexibility index (Phi) is 6.53. The minimum atomic E-state index is 0.289. The van der Waals surface area contributed by atoms with Crippen LogP contribution in [0.4, 0.5) is 0 Å². The van der Waals surface area contributed by atoms with E-state index in [1.807, 2.05) is 0 Å². The number of nitrogens with one attached hydrogen (secondary N) is 1. The van der Waals surface area contributed by atoms with Gasteiger partial charge in [-0.05, 0) is 68.8 Å². The molecule has 108 valence electrons. The van der Waals surface area contributed by atoms with E-state index in [0.717, 1.165) is 19.4 Å². The molecule has 2 unspecified atom stereocenters. The molecule has 19 heavy (non-hydrogen) atoms. The van der Waals surface area contributed by atoms with Crippen LogP contribution in [0.5, 0.6) is 0 Å². The zero-order valence-corrected chi connectivity index (χ0v) is 13.1. The molecule has 0 aliphatic heterocycles. The van der Waals surface area contributed by atoms with Gasteiger partial charge in [0, 0.05) is 12.6 Å². The van der Waals surface area contributed by atoms with Gasteiger partial charge in [0.15, 0.2) is 0 Å². The maximum Gasteiger partial charge on any atom is 0.0434 e. The van der Waals surface area contributed by atoms with Crippen LogP contribution in [-0.2, 0) is 0 Å². The second kappa shape index (κ2) is 7.66. The van der Waals surface area contributed by atoms with Crippen molar-refractivity contribution in [3.63, 3.8) is 0 Å². The van der Waals surface area contributed by atoms with Gasteiger partial charge in [0.25, 0.3) is 0 Å². The first-order chi connectivity index (χ1) is 8.99. The molecule has 0 heterocycles. The quantitative estimate of drug-likeness (QED) is 0.786. The van der Waals surface area contributed by atoms with Crippen molar-refractivity contribution in [3.8, 4) is 0 Å². The lowest BCUT2D eigenvalue weighted by Gasteiger charge is -2.21. The predicted octanol–water partition coefficient (Wildman–Crippen LogP) is 3.67. The van der Waals surface area contributed by atoms with E-state index in [1.165, 1.54) is 22.3 Å². The maximum atomic E-state index is 9.03. The van der Waals surface area contributed by atoms with E-state index in [1.54, 1.807) is 0 Å². The molecule has 1 aromatic carbocycles. The lowest BCUT2D eigenvalue weighted by Crippen LogP contribution is -2.26. The van der Waals surface area contributed by atoms with Crippen LogP contribution in [0.25, 0.3) is 0 Å². The molecule has 0 saturated carbocycles. The molecule has 0 bridgehead atoms. The molecular formula is C17H29NO. The third kappa shape index (κ3) is 4.63. The molecule has 0 fully saturated rings. The number of hydrogen-bond donors (Lipinski definition) is 2. The number of aliphatic hydroxyl groups excluding tert-OH is 1. The van der Waals surface area contributed by atoms with Gasteiger partial charge in [-0.3, -0.25) is 0 Å². The van der Waals surface area contributed by atoms with E-state index >= 15 is 0 Å². The molecule has 0 aromatic heterocycles. The van der Waals surface area contributed by atoms with Gasteiger partial charge in [-0.15, -0.1) is 0 Å². The van der Waals surface area contributed by atoms with Gasteiger partial charge < -0.3 is 10.4 Å². The van der Waals surface area contributed by atoms with Crippen LogP contribution in [0.2, 0.25) is 0 Å². The van der Waals surface area contributed by atoms with Gasteiger partial charge in [0.2, 0.25) is 0 Å². The van der Waals surface area contributed by atoms with E-state index < -0.39 is 0 Å². The fourth-order valence-electron chi connectivity index (χ4n) is 2.54. The largest absolute Gasteiger partial charge is 0.396 e. The zero-order valence-electron chi connectivity index (χ0n) is 13.1. The second-order valence-electron chi connectivity index (χ2n) is 5.71. The molecule has 1 rings (SSSR count). The number of aryl methyl sites for hydroxylation is 3. The van der Waals surface area contributed by atoms with Gasteiger partial charge in [-0.1, -0.05) is 25.5 Å². The normalized spacial score (nSPS) is 14.4. The number of hydrogen-bond acceptors (Lipinski definition) is 2. The highest BCUT2D eigenvalue weighted by Gasteiger charge is 2.12. The van der Waals surface area contributed by atoms with Crippen LogP contribution in [0.15, 0.2) is 12.1 Å². The third-order valence-electron chi connectivity index (χ3n) is 4.18. The molecule has 2 heteroatoms. The Bertz CT molecular complexity index is 400. The summed E-state index contributed by atoms with van der Waals surface area (Å²) in [6, 6.07) is 4.94. The molecule has 0 aliphatic rings. The minimum absolute atomic E-state index is 0.289. The van der Waals surface area contributed by atoms with Gasteiger partial charge >= 0.3 is 0 Å². The first kappa shape index (κ1) is 16.2. The monoisotopic (exact) mass is 263 g/mol. The molecule has 0 amide bonds. The second-order valence-corrected chi connectivity index (χ2v) is 5.71. The zero-order chi connectivity index (χ0) is 14.4. The molecule has 2 atom stereocenters. The summed E-state index contributed by atoms with van der Waals surface area (Å²) in [4.78, 5) is 0. The predicted molar refractivity (Wildman–Crippen MR) is 82.6 cm³/mol. The van der Waals surface area contributed by atoms with Gasteiger partial charge in [0.05, 0.1) is 0 Å². The van der Waals surface area contributed by atoms with Crippen molar-refractivity contribution in [3.05, 3.63) is 34.4 Å². The summed E-state index contributed by atoms with van der Waals surface area (Å²) in [7, 11) is 0. The smallest absolute Gasteiger partial charge is 0.0434 e. The lowest BCUT2D eigenvalue weighted by atomic mass is 9.95. The molecule has 2 nitrogen and oxygen atoms in total. The average Bonchev–Trinajstić information content (AvgIpc) is 2.38. The van der Waals surface area contributed by atoms with Gasteiger partial charge in [-0.25, -0.2) is 0 Å². The molecular weight excluding hydrogens is 234 g/mol. The molecule has 2 N–H and O–H groups in total. The van der Waals surface area contributed by atoms with Crippen molar-refractivity contribution in [1.29, 1.82) is 0 Å². The molecule has 0 aliphatic carbocycles. The summed E-state index contributed by atoms with van der Waals surface area (Å²) in [6.45, 7) is 12.2. The molecule has 1 aromatic rings. The topological polar surface area (TPSA) is 32.3 Å². The Balaban J connectivity index is 2.67. The number of rotatable bonds is 7. The average molecular weight is 263 g/mol. The van der Waals surface area contributed by atoms with Crippen molar-refractivity contribution in [2.75, 3.05) is 13.2 Å².